The second kappa shape index (κ2) is 3.99. The van der Waals surface area contributed by atoms with Crippen molar-refractivity contribution in [3.63, 3.8) is 0 Å². The summed E-state index contributed by atoms with van der Waals surface area (Å²) in [6.45, 7) is 7.89. The second-order valence-electron chi connectivity index (χ2n) is 6.17. The fourth-order valence-electron chi connectivity index (χ4n) is 2.22. The summed E-state index contributed by atoms with van der Waals surface area (Å²) >= 11 is 0. The average Bonchev–Trinajstić information content (AvgIpc) is 2.74. The van der Waals surface area contributed by atoms with Gasteiger partial charge in [-0.15, -0.1) is 0 Å². The Balaban J connectivity index is 1.95. The van der Waals surface area contributed by atoms with Gasteiger partial charge in [0.2, 0.25) is 9.84 Å². The molecule has 0 amide bonds. The van der Waals surface area contributed by atoms with Crippen LogP contribution in [0, 0.1) is 0 Å². The largest absolute Gasteiger partial charge is 0.494 e. The molecule has 5 nitrogen and oxygen atoms in total. The number of benzene rings is 1. The Morgan fingerprint density at radius 1 is 1.10 bits per heavy atom. The lowest BCUT2D eigenvalue weighted by Gasteiger charge is -2.32. The van der Waals surface area contributed by atoms with Crippen LogP contribution in [0.15, 0.2) is 23.1 Å². The molecule has 0 spiro atoms. The molecule has 0 atom stereocenters. The SMILES string of the molecule is CC1(C)OB(c2ccc3c(c2)OCS3(=O)=O)OC1(C)C. The summed E-state index contributed by atoms with van der Waals surface area (Å²) in [4.78, 5) is 0.234. The zero-order chi connectivity index (χ0) is 14.8. The fraction of sp³-hybridized carbons (Fsp3) is 0.538. The van der Waals surface area contributed by atoms with Gasteiger partial charge in [0.15, 0.2) is 5.94 Å². The van der Waals surface area contributed by atoms with Gasteiger partial charge in [0.05, 0.1) is 11.2 Å². The van der Waals surface area contributed by atoms with Crippen molar-refractivity contribution in [1.82, 2.24) is 0 Å². The van der Waals surface area contributed by atoms with Gasteiger partial charge in [-0.1, -0.05) is 6.07 Å². The molecule has 1 aromatic rings. The lowest BCUT2D eigenvalue weighted by atomic mass is 9.79. The summed E-state index contributed by atoms with van der Waals surface area (Å²) in [5, 5.41) is 0. The summed E-state index contributed by atoms with van der Waals surface area (Å²) in [6, 6.07) is 4.95. The van der Waals surface area contributed by atoms with E-state index in [0.717, 1.165) is 5.46 Å². The molecule has 1 aromatic carbocycles. The molecule has 2 heterocycles. The Labute approximate surface area is 119 Å². The van der Waals surface area contributed by atoms with Crippen LogP contribution in [-0.4, -0.2) is 32.7 Å². The van der Waals surface area contributed by atoms with Crippen LogP contribution in [0.25, 0.3) is 0 Å². The Hall–Kier alpha value is -1.05. The minimum Gasteiger partial charge on any atom is -0.476 e. The lowest BCUT2D eigenvalue weighted by Crippen LogP contribution is -2.41. The van der Waals surface area contributed by atoms with Gasteiger partial charge in [0.1, 0.15) is 10.6 Å². The van der Waals surface area contributed by atoms with Crippen molar-refractivity contribution in [2.75, 3.05) is 5.94 Å². The second-order valence-corrected chi connectivity index (χ2v) is 8.08. The number of hydrogen-bond acceptors (Lipinski definition) is 5. The molecule has 0 aliphatic carbocycles. The first-order chi connectivity index (χ1) is 9.12. The van der Waals surface area contributed by atoms with Crippen LogP contribution in [0.4, 0.5) is 0 Å². The summed E-state index contributed by atoms with van der Waals surface area (Å²) in [5.41, 5.74) is -0.0905. The molecular weight excluding hydrogens is 279 g/mol. The van der Waals surface area contributed by atoms with Crippen molar-refractivity contribution >= 4 is 22.4 Å². The van der Waals surface area contributed by atoms with Gasteiger partial charge in [-0.3, -0.25) is 0 Å². The molecule has 0 radical (unpaired) electrons. The van der Waals surface area contributed by atoms with Crippen LogP contribution in [0.5, 0.6) is 5.75 Å². The summed E-state index contributed by atoms with van der Waals surface area (Å²) in [7, 11) is -3.81. The molecule has 108 valence electrons. The van der Waals surface area contributed by atoms with Gasteiger partial charge in [-0.05, 0) is 45.3 Å². The predicted molar refractivity (Wildman–Crippen MR) is 74.8 cm³/mol. The number of ether oxygens (including phenoxy) is 1. The maximum atomic E-state index is 11.7. The molecular formula is C13H17BO5S. The average molecular weight is 296 g/mol. The highest BCUT2D eigenvalue weighted by Crippen LogP contribution is 2.37. The fourth-order valence-corrected chi connectivity index (χ4v) is 3.33. The molecule has 1 saturated heterocycles. The highest BCUT2D eigenvalue weighted by Gasteiger charge is 2.52. The standard InChI is InChI=1S/C13H17BO5S/c1-12(2)13(3,4)19-14(18-12)9-5-6-11-10(7-9)17-8-20(11,15)16/h5-7H,8H2,1-4H3. The third-order valence-corrected chi connectivity index (χ3v) is 5.63. The van der Waals surface area contributed by atoms with E-state index in [1.54, 1.807) is 18.2 Å². The number of sulfone groups is 1. The Bertz CT molecular complexity index is 649. The zero-order valence-electron chi connectivity index (χ0n) is 12.0. The van der Waals surface area contributed by atoms with Crippen LogP contribution in [0.1, 0.15) is 27.7 Å². The molecule has 3 rings (SSSR count). The molecule has 2 aliphatic heterocycles. The Kier molecular flexibility index (Phi) is 2.78. The van der Waals surface area contributed by atoms with Crippen molar-refractivity contribution in [3.05, 3.63) is 18.2 Å². The minimum atomic E-state index is -3.30. The van der Waals surface area contributed by atoms with Gasteiger partial charge in [-0.2, -0.15) is 0 Å². The number of fused-ring (bicyclic) bond motifs is 1. The van der Waals surface area contributed by atoms with Gasteiger partial charge in [0, 0.05) is 0 Å². The third kappa shape index (κ3) is 1.96. The van der Waals surface area contributed by atoms with Crippen LogP contribution in [0.2, 0.25) is 0 Å². The van der Waals surface area contributed by atoms with E-state index >= 15 is 0 Å². The first kappa shape index (κ1) is 13.9. The minimum absolute atomic E-state index is 0.234. The summed E-state index contributed by atoms with van der Waals surface area (Å²) in [5.74, 6) is 0.0759. The first-order valence-electron chi connectivity index (χ1n) is 6.48. The van der Waals surface area contributed by atoms with Crippen molar-refractivity contribution in [2.45, 2.75) is 43.8 Å². The molecule has 20 heavy (non-hydrogen) atoms. The third-order valence-electron chi connectivity index (χ3n) is 4.20. The van der Waals surface area contributed by atoms with Crippen molar-refractivity contribution in [3.8, 4) is 5.75 Å². The molecule has 0 bridgehead atoms. The maximum Gasteiger partial charge on any atom is 0.494 e. The van der Waals surface area contributed by atoms with E-state index in [1.807, 2.05) is 27.7 Å². The predicted octanol–water partition coefficient (Wildman–Crippen LogP) is 1.11. The van der Waals surface area contributed by atoms with E-state index in [1.165, 1.54) is 0 Å². The van der Waals surface area contributed by atoms with Crippen LogP contribution in [0.3, 0.4) is 0 Å². The van der Waals surface area contributed by atoms with Crippen LogP contribution >= 0.6 is 0 Å². The van der Waals surface area contributed by atoms with Gasteiger partial charge in [0.25, 0.3) is 0 Å². The highest BCUT2D eigenvalue weighted by atomic mass is 32.2. The van der Waals surface area contributed by atoms with E-state index < -0.39 is 28.2 Å². The van der Waals surface area contributed by atoms with Crippen LogP contribution in [-0.2, 0) is 19.1 Å². The maximum absolute atomic E-state index is 11.7. The highest BCUT2D eigenvalue weighted by molar-refractivity contribution is 7.91. The number of hydrogen-bond donors (Lipinski definition) is 0. The monoisotopic (exact) mass is 296 g/mol. The molecule has 1 fully saturated rings. The molecule has 0 N–H and O–H groups in total. The summed E-state index contributed by atoms with van der Waals surface area (Å²) in [6.07, 6.45) is 0. The molecule has 0 unspecified atom stereocenters. The van der Waals surface area contributed by atoms with E-state index in [0.29, 0.717) is 5.75 Å². The summed E-state index contributed by atoms with van der Waals surface area (Å²) < 4.78 is 40.5. The van der Waals surface area contributed by atoms with E-state index in [9.17, 15) is 8.42 Å². The van der Waals surface area contributed by atoms with Gasteiger partial charge >= 0.3 is 7.12 Å². The van der Waals surface area contributed by atoms with Gasteiger partial charge in [-0.25, -0.2) is 8.42 Å². The molecule has 2 aliphatic rings. The first-order valence-corrected chi connectivity index (χ1v) is 8.13. The van der Waals surface area contributed by atoms with Crippen molar-refractivity contribution in [2.24, 2.45) is 0 Å². The van der Waals surface area contributed by atoms with Crippen molar-refractivity contribution < 1.29 is 22.5 Å². The molecule has 0 saturated carbocycles. The van der Waals surface area contributed by atoms with Gasteiger partial charge < -0.3 is 14.0 Å². The topological polar surface area (TPSA) is 61.8 Å². The van der Waals surface area contributed by atoms with E-state index in [4.69, 9.17) is 14.0 Å². The quantitative estimate of drug-likeness (QED) is 0.726. The lowest BCUT2D eigenvalue weighted by molar-refractivity contribution is 0.00578. The molecule has 0 aromatic heterocycles. The number of rotatable bonds is 1. The Morgan fingerprint density at radius 3 is 2.30 bits per heavy atom. The Morgan fingerprint density at radius 2 is 1.70 bits per heavy atom. The van der Waals surface area contributed by atoms with E-state index in [-0.39, 0.29) is 10.8 Å². The van der Waals surface area contributed by atoms with E-state index in [2.05, 4.69) is 0 Å². The molecule has 7 heteroatoms. The zero-order valence-corrected chi connectivity index (χ0v) is 12.8. The van der Waals surface area contributed by atoms with Crippen molar-refractivity contribution in [1.29, 1.82) is 0 Å². The van der Waals surface area contributed by atoms with Crippen LogP contribution < -0.4 is 10.2 Å². The normalized spacial score (nSPS) is 25.3. The smallest absolute Gasteiger partial charge is 0.476 e.